The molecular weight excluding hydrogens is 300 g/mol. The smallest absolute Gasteiger partial charge is 0.253 e. The minimum atomic E-state index is -0.347. The summed E-state index contributed by atoms with van der Waals surface area (Å²) in [6, 6.07) is 4.11. The highest BCUT2D eigenvalue weighted by atomic mass is 32.1. The standard InChI is InChI=1S/C16H24N2O3S/c1-17-6-8-21-15(12-17)16(19)18(10-13-4-2-7-20-13)11-14-5-3-9-22-14/h3,5,9,13,15H,2,4,6-8,10-12H2,1H3. The van der Waals surface area contributed by atoms with Crippen molar-refractivity contribution >= 4 is 17.2 Å². The molecule has 3 rings (SSSR count). The van der Waals surface area contributed by atoms with Gasteiger partial charge in [0.2, 0.25) is 0 Å². The molecule has 5 nitrogen and oxygen atoms in total. The third-order valence-corrected chi connectivity index (χ3v) is 5.09. The van der Waals surface area contributed by atoms with E-state index >= 15 is 0 Å². The molecule has 1 aromatic heterocycles. The lowest BCUT2D eigenvalue weighted by Gasteiger charge is -2.34. The summed E-state index contributed by atoms with van der Waals surface area (Å²) in [5.74, 6) is 0.0930. The van der Waals surface area contributed by atoms with Crippen molar-refractivity contribution < 1.29 is 14.3 Å². The van der Waals surface area contributed by atoms with Crippen LogP contribution >= 0.6 is 11.3 Å². The number of rotatable bonds is 5. The van der Waals surface area contributed by atoms with E-state index in [0.29, 0.717) is 26.2 Å². The zero-order valence-electron chi connectivity index (χ0n) is 13.1. The summed E-state index contributed by atoms with van der Waals surface area (Å²) in [5, 5.41) is 2.05. The number of ether oxygens (including phenoxy) is 2. The van der Waals surface area contributed by atoms with E-state index in [2.05, 4.69) is 16.3 Å². The summed E-state index contributed by atoms with van der Waals surface area (Å²) in [4.78, 5) is 18.2. The van der Waals surface area contributed by atoms with Crippen molar-refractivity contribution in [1.82, 2.24) is 9.80 Å². The predicted octanol–water partition coefficient (Wildman–Crippen LogP) is 1.59. The summed E-state index contributed by atoms with van der Waals surface area (Å²) < 4.78 is 11.4. The average molecular weight is 324 g/mol. The summed E-state index contributed by atoms with van der Waals surface area (Å²) in [5.41, 5.74) is 0. The van der Waals surface area contributed by atoms with Gasteiger partial charge in [0.15, 0.2) is 0 Å². The molecule has 0 radical (unpaired) electrons. The fraction of sp³-hybridized carbons (Fsp3) is 0.688. The van der Waals surface area contributed by atoms with Gasteiger partial charge in [0.25, 0.3) is 5.91 Å². The first-order chi connectivity index (χ1) is 10.7. The minimum Gasteiger partial charge on any atom is -0.376 e. The fourth-order valence-electron chi connectivity index (χ4n) is 2.99. The first kappa shape index (κ1) is 15.9. The fourth-order valence-corrected chi connectivity index (χ4v) is 3.71. The summed E-state index contributed by atoms with van der Waals surface area (Å²) >= 11 is 1.69. The molecule has 0 saturated carbocycles. The average Bonchev–Trinajstić information content (AvgIpc) is 3.19. The van der Waals surface area contributed by atoms with E-state index in [9.17, 15) is 4.79 Å². The van der Waals surface area contributed by atoms with Crippen LogP contribution in [0.15, 0.2) is 17.5 Å². The predicted molar refractivity (Wildman–Crippen MR) is 85.9 cm³/mol. The van der Waals surface area contributed by atoms with Crippen molar-refractivity contribution in [3.05, 3.63) is 22.4 Å². The van der Waals surface area contributed by atoms with E-state index in [1.165, 1.54) is 4.88 Å². The Morgan fingerprint density at radius 1 is 1.45 bits per heavy atom. The third-order valence-electron chi connectivity index (χ3n) is 4.23. The second kappa shape index (κ2) is 7.55. The first-order valence-electron chi connectivity index (χ1n) is 7.95. The van der Waals surface area contributed by atoms with Gasteiger partial charge in [0.1, 0.15) is 6.10 Å². The minimum absolute atomic E-state index is 0.0930. The molecule has 0 N–H and O–H groups in total. The largest absolute Gasteiger partial charge is 0.376 e. The van der Waals surface area contributed by atoms with Crippen LogP contribution in [0.4, 0.5) is 0 Å². The molecule has 1 amide bonds. The Labute approximate surface area is 135 Å². The number of likely N-dealkylation sites (N-methyl/N-ethyl adjacent to an activating group) is 1. The first-order valence-corrected chi connectivity index (χ1v) is 8.83. The molecule has 2 saturated heterocycles. The van der Waals surface area contributed by atoms with Crippen LogP contribution in [0.25, 0.3) is 0 Å². The van der Waals surface area contributed by atoms with Gasteiger partial charge in [-0.25, -0.2) is 0 Å². The molecule has 2 aliphatic heterocycles. The van der Waals surface area contributed by atoms with Crippen LogP contribution in [0.1, 0.15) is 17.7 Å². The van der Waals surface area contributed by atoms with Crippen LogP contribution < -0.4 is 0 Å². The normalized spacial score (nSPS) is 26.2. The molecule has 0 aromatic carbocycles. The molecule has 0 spiro atoms. The van der Waals surface area contributed by atoms with Crippen LogP contribution in [-0.2, 0) is 20.8 Å². The third kappa shape index (κ3) is 4.07. The second-order valence-electron chi connectivity index (χ2n) is 6.05. The van der Waals surface area contributed by atoms with Crippen LogP contribution in [0.5, 0.6) is 0 Å². The monoisotopic (exact) mass is 324 g/mol. The number of amides is 1. The van der Waals surface area contributed by atoms with E-state index in [4.69, 9.17) is 9.47 Å². The highest BCUT2D eigenvalue weighted by Gasteiger charge is 2.31. The van der Waals surface area contributed by atoms with Crippen molar-refractivity contribution in [2.45, 2.75) is 31.6 Å². The van der Waals surface area contributed by atoms with Gasteiger partial charge >= 0.3 is 0 Å². The number of carbonyl (C=O) groups excluding carboxylic acids is 1. The Hall–Kier alpha value is -0.950. The van der Waals surface area contributed by atoms with Crippen LogP contribution in [0, 0.1) is 0 Å². The highest BCUT2D eigenvalue weighted by Crippen LogP contribution is 2.19. The summed E-state index contributed by atoms with van der Waals surface area (Å²) in [6.45, 7) is 4.32. The Bertz CT molecular complexity index is 474. The van der Waals surface area contributed by atoms with E-state index in [0.717, 1.165) is 26.0 Å². The molecule has 1 aromatic rings. The number of carbonyl (C=O) groups is 1. The van der Waals surface area contributed by atoms with Gasteiger partial charge in [-0.1, -0.05) is 6.07 Å². The number of hydrogen-bond acceptors (Lipinski definition) is 5. The second-order valence-corrected chi connectivity index (χ2v) is 7.09. The Morgan fingerprint density at radius 3 is 3.05 bits per heavy atom. The number of nitrogens with zero attached hydrogens (tertiary/aromatic N) is 2. The summed E-state index contributed by atoms with van der Waals surface area (Å²) in [6.07, 6.45) is 1.96. The molecule has 0 bridgehead atoms. The van der Waals surface area contributed by atoms with Crippen molar-refractivity contribution in [2.24, 2.45) is 0 Å². The molecular formula is C16H24N2O3S. The molecule has 22 heavy (non-hydrogen) atoms. The molecule has 122 valence electrons. The summed E-state index contributed by atoms with van der Waals surface area (Å²) in [7, 11) is 2.03. The number of thiophene rings is 1. The van der Waals surface area contributed by atoms with Crippen LogP contribution in [-0.4, -0.2) is 67.8 Å². The molecule has 2 unspecified atom stereocenters. The van der Waals surface area contributed by atoms with Crippen molar-refractivity contribution in [1.29, 1.82) is 0 Å². The lowest BCUT2D eigenvalue weighted by atomic mass is 10.2. The Kier molecular flexibility index (Phi) is 5.46. The van der Waals surface area contributed by atoms with Gasteiger partial charge in [-0.05, 0) is 31.3 Å². The maximum Gasteiger partial charge on any atom is 0.253 e. The van der Waals surface area contributed by atoms with E-state index in [-0.39, 0.29) is 18.1 Å². The molecule has 0 aliphatic carbocycles. The van der Waals surface area contributed by atoms with Gasteiger partial charge in [0, 0.05) is 31.1 Å². The Morgan fingerprint density at radius 2 is 2.36 bits per heavy atom. The number of hydrogen-bond donors (Lipinski definition) is 0. The van der Waals surface area contributed by atoms with Gasteiger partial charge in [0.05, 0.1) is 19.3 Å². The zero-order chi connectivity index (χ0) is 15.4. The highest BCUT2D eigenvalue weighted by molar-refractivity contribution is 7.09. The van der Waals surface area contributed by atoms with E-state index in [1.54, 1.807) is 11.3 Å². The van der Waals surface area contributed by atoms with E-state index < -0.39 is 0 Å². The zero-order valence-corrected chi connectivity index (χ0v) is 13.9. The van der Waals surface area contributed by atoms with Crippen LogP contribution in [0.2, 0.25) is 0 Å². The molecule has 6 heteroatoms. The van der Waals surface area contributed by atoms with Gasteiger partial charge in [-0.3, -0.25) is 4.79 Å². The van der Waals surface area contributed by atoms with Gasteiger partial charge in [-0.2, -0.15) is 0 Å². The number of morpholine rings is 1. The SMILES string of the molecule is CN1CCOC(C(=O)N(Cc2cccs2)CC2CCCO2)C1. The molecule has 2 atom stereocenters. The molecule has 3 heterocycles. The van der Waals surface area contributed by atoms with E-state index in [1.807, 2.05) is 18.0 Å². The van der Waals surface area contributed by atoms with Crippen molar-refractivity contribution in [2.75, 3.05) is 39.9 Å². The topological polar surface area (TPSA) is 42.0 Å². The maximum atomic E-state index is 12.9. The quantitative estimate of drug-likeness (QED) is 0.825. The Balaban J connectivity index is 1.66. The van der Waals surface area contributed by atoms with Crippen molar-refractivity contribution in [3.63, 3.8) is 0 Å². The lowest BCUT2D eigenvalue weighted by Crippen LogP contribution is -2.51. The molecule has 2 fully saturated rings. The van der Waals surface area contributed by atoms with Crippen molar-refractivity contribution in [3.8, 4) is 0 Å². The maximum absolute atomic E-state index is 12.9. The molecule has 2 aliphatic rings. The lowest BCUT2D eigenvalue weighted by molar-refractivity contribution is -0.151. The van der Waals surface area contributed by atoms with Gasteiger partial charge < -0.3 is 19.3 Å². The van der Waals surface area contributed by atoms with Gasteiger partial charge in [-0.15, -0.1) is 11.3 Å². The van der Waals surface area contributed by atoms with Crippen LogP contribution in [0.3, 0.4) is 0 Å².